The lowest BCUT2D eigenvalue weighted by Gasteiger charge is -2.18. The summed E-state index contributed by atoms with van der Waals surface area (Å²) >= 11 is 7.96. The van der Waals surface area contributed by atoms with E-state index in [2.05, 4.69) is 11.1 Å². The lowest BCUT2D eigenvalue weighted by Crippen LogP contribution is -2.15. The van der Waals surface area contributed by atoms with Crippen LogP contribution in [-0.4, -0.2) is 10.1 Å². The first-order valence-corrected chi connectivity index (χ1v) is 10.9. The van der Waals surface area contributed by atoms with Gasteiger partial charge >= 0.3 is 0 Å². The summed E-state index contributed by atoms with van der Waals surface area (Å²) in [5.74, 6) is 0.773. The Kier molecular flexibility index (Phi) is 5.91. The van der Waals surface area contributed by atoms with E-state index < -0.39 is 5.60 Å². The van der Waals surface area contributed by atoms with Crippen molar-refractivity contribution in [2.75, 3.05) is 0 Å². The average Bonchev–Trinajstić information content (AvgIpc) is 3.23. The molecule has 30 heavy (non-hydrogen) atoms. The molecule has 0 saturated heterocycles. The molecule has 5 heteroatoms. The molecule has 1 N–H and O–H groups in total. The number of nitrogens with zero attached hydrogens (tertiary/aromatic N) is 1. The van der Waals surface area contributed by atoms with Crippen molar-refractivity contribution in [2.24, 2.45) is 0 Å². The number of aromatic nitrogens is 1. The van der Waals surface area contributed by atoms with E-state index in [1.165, 1.54) is 0 Å². The molecule has 0 atom stereocenters. The molecule has 0 spiro atoms. The van der Waals surface area contributed by atoms with Gasteiger partial charge in [-0.15, -0.1) is 11.3 Å². The number of ether oxygens (including phenoxy) is 1. The first kappa shape index (κ1) is 20.6. The predicted molar refractivity (Wildman–Crippen MR) is 124 cm³/mol. The molecule has 4 rings (SSSR count). The van der Waals surface area contributed by atoms with Crippen LogP contribution in [0.1, 0.15) is 25.0 Å². The van der Waals surface area contributed by atoms with Crippen LogP contribution in [0, 0.1) is 0 Å². The van der Waals surface area contributed by atoms with Gasteiger partial charge in [0.05, 0.1) is 5.60 Å². The fourth-order valence-electron chi connectivity index (χ4n) is 3.22. The largest absolute Gasteiger partial charge is 0.488 e. The van der Waals surface area contributed by atoms with Crippen LogP contribution in [0.5, 0.6) is 5.75 Å². The van der Waals surface area contributed by atoms with Crippen molar-refractivity contribution >= 4 is 22.9 Å². The monoisotopic (exact) mass is 435 g/mol. The molecule has 0 saturated carbocycles. The molecule has 3 nitrogen and oxygen atoms in total. The van der Waals surface area contributed by atoms with Gasteiger partial charge in [0.25, 0.3) is 0 Å². The molecule has 2 heterocycles. The first-order valence-electron chi connectivity index (χ1n) is 9.64. The van der Waals surface area contributed by atoms with Gasteiger partial charge in [0, 0.05) is 44.5 Å². The topological polar surface area (TPSA) is 42.4 Å². The van der Waals surface area contributed by atoms with Gasteiger partial charge in [-0.2, -0.15) is 0 Å². The Morgan fingerprint density at radius 2 is 1.80 bits per heavy atom. The van der Waals surface area contributed by atoms with Crippen LogP contribution >= 0.6 is 22.9 Å². The van der Waals surface area contributed by atoms with Crippen LogP contribution < -0.4 is 4.74 Å². The standard InChI is InChI=1S/C25H22ClNO2S/c1-25(2,28)19-12-18(14-27-15-19)24-21(10-11-30-24)22-13-20(26)8-9-23(22)29-16-17-6-4-3-5-7-17/h3-15,28H,16H2,1-2H3. The van der Waals surface area contributed by atoms with Crippen LogP contribution in [0.2, 0.25) is 5.02 Å². The van der Waals surface area contributed by atoms with E-state index >= 15 is 0 Å². The van der Waals surface area contributed by atoms with Crippen molar-refractivity contribution in [1.82, 2.24) is 4.98 Å². The highest BCUT2D eigenvalue weighted by molar-refractivity contribution is 7.14. The fraction of sp³-hybridized carbons (Fsp3) is 0.160. The fourth-order valence-corrected chi connectivity index (χ4v) is 4.28. The molecule has 0 bridgehead atoms. The summed E-state index contributed by atoms with van der Waals surface area (Å²) in [6.07, 6.45) is 3.52. The Hall–Kier alpha value is -2.66. The highest BCUT2D eigenvalue weighted by Gasteiger charge is 2.19. The van der Waals surface area contributed by atoms with E-state index in [-0.39, 0.29) is 0 Å². The van der Waals surface area contributed by atoms with E-state index in [9.17, 15) is 5.11 Å². The summed E-state index contributed by atoms with van der Waals surface area (Å²) in [4.78, 5) is 5.40. The first-order chi connectivity index (χ1) is 14.4. The van der Waals surface area contributed by atoms with Gasteiger partial charge in [0.15, 0.2) is 0 Å². The number of hydrogen-bond acceptors (Lipinski definition) is 4. The van der Waals surface area contributed by atoms with Gasteiger partial charge in [-0.1, -0.05) is 41.9 Å². The third-order valence-electron chi connectivity index (χ3n) is 4.84. The number of aliphatic hydroxyl groups is 1. The van der Waals surface area contributed by atoms with Crippen LogP contribution in [0.15, 0.2) is 78.4 Å². The average molecular weight is 436 g/mol. The molecule has 0 amide bonds. The van der Waals surface area contributed by atoms with Crippen LogP contribution in [0.25, 0.3) is 21.6 Å². The molecule has 4 aromatic rings. The maximum absolute atomic E-state index is 10.4. The third kappa shape index (κ3) is 4.57. The Balaban J connectivity index is 1.72. The van der Waals surface area contributed by atoms with Gasteiger partial charge in [-0.05, 0) is 55.1 Å². The minimum absolute atomic E-state index is 0.477. The van der Waals surface area contributed by atoms with E-state index in [0.717, 1.165) is 38.4 Å². The summed E-state index contributed by atoms with van der Waals surface area (Å²) < 4.78 is 6.16. The number of hydrogen-bond donors (Lipinski definition) is 1. The zero-order chi connectivity index (χ0) is 21.1. The molecule has 0 aliphatic carbocycles. The normalized spacial score (nSPS) is 11.5. The zero-order valence-corrected chi connectivity index (χ0v) is 18.4. The highest BCUT2D eigenvalue weighted by atomic mass is 35.5. The minimum Gasteiger partial charge on any atom is -0.488 e. The number of rotatable bonds is 6. The number of thiophene rings is 1. The molecule has 0 fully saturated rings. The Morgan fingerprint density at radius 3 is 2.57 bits per heavy atom. The van der Waals surface area contributed by atoms with Crippen LogP contribution in [0.4, 0.5) is 0 Å². The molecule has 152 valence electrons. The maximum Gasteiger partial charge on any atom is 0.127 e. The second kappa shape index (κ2) is 8.60. The van der Waals surface area contributed by atoms with E-state index in [0.29, 0.717) is 11.6 Å². The van der Waals surface area contributed by atoms with Crippen molar-refractivity contribution in [3.63, 3.8) is 0 Å². The van der Waals surface area contributed by atoms with Crippen molar-refractivity contribution in [3.8, 4) is 27.3 Å². The number of benzene rings is 2. The summed E-state index contributed by atoms with van der Waals surface area (Å²) in [7, 11) is 0. The number of pyridine rings is 1. The van der Waals surface area contributed by atoms with E-state index in [4.69, 9.17) is 16.3 Å². The highest BCUT2D eigenvalue weighted by Crippen LogP contribution is 2.42. The van der Waals surface area contributed by atoms with Crippen LogP contribution in [0.3, 0.4) is 0 Å². The Labute approximate surface area is 185 Å². The zero-order valence-electron chi connectivity index (χ0n) is 16.8. The van der Waals surface area contributed by atoms with Crippen molar-refractivity contribution in [2.45, 2.75) is 26.1 Å². The summed E-state index contributed by atoms with van der Waals surface area (Å²) in [6, 6.07) is 19.8. The lowest BCUT2D eigenvalue weighted by molar-refractivity contribution is 0.0783. The SMILES string of the molecule is CC(C)(O)c1cncc(-c2sccc2-c2cc(Cl)ccc2OCc2ccccc2)c1. The van der Waals surface area contributed by atoms with Gasteiger partial charge in [-0.3, -0.25) is 4.98 Å². The van der Waals surface area contributed by atoms with Crippen molar-refractivity contribution in [1.29, 1.82) is 0 Å². The van der Waals surface area contributed by atoms with Gasteiger partial charge in [-0.25, -0.2) is 0 Å². The summed E-state index contributed by atoms with van der Waals surface area (Å²) in [6.45, 7) is 4.00. The molecule has 2 aromatic carbocycles. The maximum atomic E-state index is 10.4. The van der Waals surface area contributed by atoms with Gasteiger partial charge < -0.3 is 9.84 Å². The minimum atomic E-state index is -0.958. The van der Waals surface area contributed by atoms with Gasteiger partial charge in [0.2, 0.25) is 0 Å². The van der Waals surface area contributed by atoms with Crippen molar-refractivity contribution < 1.29 is 9.84 Å². The van der Waals surface area contributed by atoms with Crippen LogP contribution in [-0.2, 0) is 12.2 Å². The van der Waals surface area contributed by atoms with Gasteiger partial charge in [0.1, 0.15) is 12.4 Å². The Bertz CT molecular complexity index is 1150. The molecule has 0 aliphatic rings. The molecule has 0 radical (unpaired) electrons. The summed E-state index contributed by atoms with van der Waals surface area (Å²) in [5, 5.41) is 13.1. The molecule has 2 aromatic heterocycles. The smallest absolute Gasteiger partial charge is 0.127 e. The molecule has 0 unspecified atom stereocenters. The molecular formula is C25H22ClNO2S. The van der Waals surface area contributed by atoms with E-state index in [1.54, 1.807) is 31.4 Å². The van der Waals surface area contributed by atoms with E-state index in [1.807, 2.05) is 66.2 Å². The molecular weight excluding hydrogens is 414 g/mol. The number of halogens is 1. The molecule has 0 aliphatic heterocycles. The van der Waals surface area contributed by atoms with Crippen molar-refractivity contribution in [3.05, 3.63) is 94.6 Å². The quantitative estimate of drug-likeness (QED) is 0.356. The summed E-state index contributed by atoms with van der Waals surface area (Å²) in [5.41, 5.74) is 3.83. The Morgan fingerprint density at radius 1 is 1.00 bits per heavy atom. The predicted octanol–water partition coefficient (Wildman–Crippen LogP) is 6.94. The second-order valence-corrected chi connectivity index (χ2v) is 8.95. The third-order valence-corrected chi connectivity index (χ3v) is 6.04. The lowest BCUT2D eigenvalue weighted by atomic mass is 9.97. The second-order valence-electron chi connectivity index (χ2n) is 7.60.